The van der Waals surface area contributed by atoms with E-state index in [-0.39, 0.29) is 24.1 Å². The Morgan fingerprint density at radius 1 is 0.880 bits per heavy atom. The van der Waals surface area contributed by atoms with Crippen molar-refractivity contribution in [1.29, 1.82) is 0 Å². The van der Waals surface area contributed by atoms with Gasteiger partial charge in [-0.25, -0.2) is 0 Å². The first-order valence-corrected chi connectivity index (χ1v) is 8.26. The predicted molar refractivity (Wildman–Crippen MR) is 98.2 cm³/mol. The zero-order valence-corrected chi connectivity index (χ0v) is 13.8. The maximum atomic E-state index is 12.5. The van der Waals surface area contributed by atoms with Gasteiger partial charge in [0.25, 0.3) is 5.56 Å². The molecule has 0 aliphatic heterocycles. The van der Waals surface area contributed by atoms with E-state index in [1.165, 1.54) is 10.6 Å². The molecule has 0 fully saturated rings. The Morgan fingerprint density at radius 2 is 1.52 bits per heavy atom. The van der Waals surface area contributed by atoms with Gasteiger partial charge in [-0.2, -0.15) is 0 Å². The molecule has 1 amide bonds. The summed E-state index contributed by atoms with van der Waals surface area (Å²) >= 11 is 0. The number of aromatic nitrogens is 1. The molecule has 2 aromatic carbocycles. The number of nitrogens with zero attached hydrogens (tertiary/aromatic N) is 1. The molecular formula is C21H20N2O2. The first-order chi connectivity index (χ1) is 12.2. The number of amides is 1. The van der Waals surface area contributed by atoms with Crippen LogP contribution in [0.4, 0.5) is 0 Å². The van der Waals surface area contributed by atoms with Crippen LogP contribution in [0.3, 0.4) is 0 Å². The number of carbonyl (C=O) groups is 1. The van der Waals surface area contributed by atoms with Crippen LogP contribution in [-0.4, -0.2) is 10.5 Å². The molecular weight excluding hydrogens is 312 g/mol. The van der Waals surface area contributed by atoms with Gasteiger partial charge in [-0.05, 0) is 23.6 Å². The highest BCUT2D eigenvalue weighted by atomic mass is 16.2. The Balaban J connectivity index is 1.76. The summed E-state index contributed by atoms with van der Waals surface area (Å²) in [5.41, 5.74) is 2.01. The number of pyridine rings is 1. The number of rotatable bonds is 6. The fourth-order valence-electron chi connectivity index (χ4n) is 2.77. The second-order valence-electron chi connectivity index (χ2n) is 5.89. The average molecular weight is 332 g/mol. The fraction of sp³-hybridized carbons (Fsp3) is 0.143. The summed E-state index contributed by atoms with van der Waals surface area (Å²) in [6.45, 7) is 0.0117. The van der Waals surface area contributed by atoms with E-state index in [1.807, 2.05) is 60.7 Å². The van der Waals surface area contributed by atoms with E-state index in [0.29, 0.717) is 6.42 Å². The number of benzene rings is 2. The van der Waals surface area contributed by atoms with Crippen LogP contribution in [0.2, 0.25) is 0 Å². The summed E-state index contributed by atoms with van der Waals surface area (Å²) in [6, 6.07) is 24.6. The van der Waals surface area contributed by atoms with Crippen LogP contribution in [0.15, 0.2) is 89.9 Å². The van der Waals surface area contributed by atoms with Crippen molar-refractivity contribution in [3.8, 4) is 0 Å². The van der Waals surface area contributed by atoms with E-state index in [9.17, 15) is 9.59 Å². The molecule has 1 atom stereocenters. The lowest BCUT2D eigenvalue weighted by molar-refractivity contribution is -0.122. The Bertz CT molecular complexity index is 873. The molecule has 0 spiro atoms. The van der Waals surface area contributed by atoms with Gasteiger partial charge >= 0.3 is 0 Å². The second kappa shape index (κ2) is 8.11. The van der Waals surface area contributed by atoms with Crippen LogP contribution in [-0.2, 0) is 17.8 Å². The van der Waals surface area contributed by atoms with Crippen LogP contribution in [0.25, 0.3) is 0 Å². The third kappa shape index (κ3) is 4.67. The maximum absolute atomic E-state index is 12.5. The predicted octanol–water partition coefficient (Wildman–Crippen LogP) is 2.95. The molecule has 3 rings (SSSR count). The van der Waals surface area contributed by atoms with E-state index < -0.39 is 0 Å². The highest BCUT2D eigenvalue weighted by molar-refractivity contribution is 5.76. The highest BCUT2D eigenvalue weighted by Gasteiger charge is 2.15. The zero-order valence-electron chi connectivity index (χ0n) is 13.8. The van der Waals surface area contributed by atoms with Gasteiger partial charge < -0.3 is 9.88 Å². The van der Waals surface area contributed by atoms with Crippen molar-refractivity contribution in [1.82, 2.24) is 9.88 Å². The molecule has 0 radical (unpaired) electrons. The maximum Gasteiger partial charge on any atom is 0.250 e. The Kier molecular flexibility index (Phi) is 5.42. The minimum atomic E-state index is -0.183. The lowest BCUT2D eigenvalue weighted by Crippen LogP contribution is -2.35. The summed E-state index contributed by atoms with van der Waals surface area (Å²) in [5, 5.41) is 3.06. The molecule has 25 heavy (non-hydrogen) atoms. The molecule has 1 aromatic heterocycles. The van der Waals surface area contributed by atoms with E-state index >= 15 is 0 Å². The first-order valence-electron chi connectivity index (χ1n) is 8.26. The first kappa shape index (κ1) is 16.7. The molecule has 0 saturated heterocycles. The van der Waals surface area contributed by atoms with Gasteiger partial charge in [0.15, 0.2) is 0 Å². The molecule has 0 saturated carbocycles. The summed E-state index contributed by atoms with van der Waals surface area (Å²) < 4.78 is 1.40. The third-order valence-corrected chi connectivity index (χ3v) is 4.03. The SMILES string of the molecule is O=C(Cn1ccccc1=O)N[C@@H](Cc1ccccc1)c1ccccc1. The minimum absolute atomic E-state index is 0.0117. The largest absolute Gasteiger partial charge is 0.347 e. The molecule has 0 unspecified atom stereocenters. The van der Waals surface area contributed by atoms with E-state index in [1.54, 1.807) is 18.3 Å². The highest BCUT2D eigenvalue weighted by Crippen LogP contribution is 2.18. The van der Waals surface area contributed by atoms with Crippen LogP contribution in [0, 0.1) is 0 Å². The quantitative estimate of drug-likeness (QED) is 0.754. The zero-order chi connectivity index (χ0) is 17.5. The van der Waals surface area contributed by atoms with Gasteiger partial charge in [-0.3, -0.25) is 9.59 Å². The Hall–Kier alpha value is -3.14. The van der Waals surface area contributed by atoms with Gasteiger partial charge in [0.1, 0.15) is 6.54 Å². The summed E-state index contributed by atoms with van der Waals surface area (Å²) in [4.78, 5) is 24.3. The van der Waals surface area contributed by atoms with Crippen molar-refractivity contribution in [3.63, 3.8) is 0 Å². The second-order valence-corrected chi connectivity index (χ2v) is 5.89. The normalized spacial score (nSPS) is 11.7. The van der Waals surface area contributed by atoms with Crippen molar-refractivity contribution in [3.05, 3.63) is 107 Å². The van der Waals surface area contributed by atoms with Gasteiger partial charge in [0.05, 0.1) is 6.04 Å². The Labute approximate surface area is 146 Å². The van der Waals surface area contributed by atoms with Crippen molar-refractivity contribution < 1.29 is 4.79 Å². The summed E-state index contributed by atoms with van der Waals surface area (Å²) in [7, 11) is 0. The van der Waals surface area contributed by atoms with E-state index in [4.69, 9.17) is 0 Å². The standard InChI is InChI=1S/C21H20N2O2/c24-20(16-23-14-8-7-13-21(23)25)22-19(18-11-5-2-6-12-18)15-17-9-3-1-4-10-17/h1-14,19H,15-16H2,(H,22,24)/t19-/m0/s1. The van der Waals surface area contributed by atoms with Crippen molar-refractivity contribution in [2.24, 2.45) is 0 Å². The molecule has 0 bridgehead atoms. The monoisotopic (exact) mass is 332 g/mol. The molecule has 3 aromatic rings. The molecule has 1 heterocycles. The smallest absolute Gasteiger partial charge is 0.250 e. The number of hydrogen-bond donors (Lipinski definition) is 1. The number of nitrogens with one attached hydrogen (secondary N) is 1. The van der Waals surface area contributed by atoms with Crippen molar-refractivity contribution in [2.45, 2.75) is 19.0 Å². The molecule has 4 nitrogen and oxygen atoms in total. The average Bonchev–Trinajstić information content (AvgIpc) is 2.65. The van der Waals surface area contributed by atoms with E-state index in [0.717, 1.165) is 11.1 Å². The molecule has 126 valence electrons. The van der Waals surface area contributed by atoms with Crippen molar-refractivity contribution >= 4 is 5.91 Å². The van der Waals surface area contributed by atoms with Crippen LogP contribution < -0.4 is 10.9 Å². The topological polar surface area (TPSA) is 51.1 Å². The molecule has 0 aliphatic carbocycles. The molecule has 4 heteroatoms. The van der Waals surface area contributed by atoms with Gasteiger partial charge in [-0.1, -0.05) is 66.7 Å². The van der Waals surface area contributed by atoms with E-state index in [2.05, 4.69) is 5.32 Å². The van der Waals surface area contributed by atoms with Gasteiger partial charge in [0, 0.05) is 12.3 Å². The van der Waals surface area contributed by atoms with Crippen LogP contribution >= 0.6 is 0 Å². The number of hydrogen-bond acceptors (Lipinski definition) is 2. The third-order valence-electron chi connectivity index (χ3n) is 4.03. The van der Waals surface area contributed by atoms with Gasteiger partial charge in [-0.15, -0.1) is 0 Å². The lowest BCUT2D eigenvalue weighted by Gasteiger charge is -2.20. The molecule has 1 N–H and O–H groups in total. The van der Waals surface area contributed by atoms with Gasteiger partial charge in [0.2, 0.25) is 5.91 Å². The summed E-state index contributed by atoms with van der Waals surface area (Å²) in [6.07, 6.45) is 2.32. The van der Waals surface area contributed by atoms with Crippen molar-refractivity contribution in [2.75, 3.05) is 0 Å². The Morgan fingerprint density at radius 3 is 2.20 bits per heavy atom. The summed E-state index contributed by atoms with van der Waals surface area (Å²) in [5.74, 6) is -0.182. The fourth-order valence-corrected chi connectivity index (χ4v) is 2.77. The van der Waals surface area contributed by atoms with Crippen LogP contribution in [0.1, 0.15) is 17.2 Å². The number of carbonyl (C=O) groups excluding carboxylic acids is 1. The molecule has 0 aliphatic rings. The minimum Gasteiger partial charge on any atom is -0.347 e. The lowest BCUT2D eigenvalue weighted by atomic mass is 9.99. The van der Waals surface area contributed by atoms with Crippen LogP contribution in [0.5, 0.6) is 0 Å².